The van der Waals surface area contributed by atoms with Crippen LogP contribution in [0, 0.1) is 6.42 Å². The molecular weight excluding hydrogens is 312 g/mol. The molecule has 5 nitrogen and oxygen atoms in total. The summed E-state index contributed by atoms with van der Waals surface area (Å²) in [5.41, 5.74) is 8.65. The maximum Gasteiger partial charge on any atom is 0.247 e. The molecule has 2 rings (SSSR count). The Morgan fingerprint density at radius 2 is 2.00 bits per heavy atom. The van der Waals surface area contributed by atoms with Gasteiger partial charge in [0.1, 0.15) is 0 Å². The summed E-state index contributed by atoms with van der Waals surface area (Å²) >= 11 is 1.48. The standard InChI is InChI=1S/C17H19N2O3S/c1-12(17(18)21)15-9-7-14(23-15)8-10-16(20)19-22-11-13-5-3-2-4-6-13/h2-7,9-10,12H,8,11H2,1H3,(H2,18,21)(H,19,20). The fourth-order valence-electron chi connectivity index (χ4n) is 1.88. The third-order valence-corrected chi connectivity index (χ3v) is 4.57. The first-order valence-corrected chi connectivity index (χ1v) is 8.04. The van der Waals surface area contributed by atoms with Crippen LogP contribution in [0.25, 0.3) is 0 Å². The minimum Gasteiger partial charge on any atom is -0.369 e. The summed E-state index contributed by atoms with van der Waals surface area (Å²) in [7, 11) is 0. The zero-order valence-corrected chi connectivity index (χ0v) is 13.6. The molecule has 3 N–H and O–H groups in total. The number of hydroxylamine groups is 1. The van der Waals surface area contributed by atoms with Crippen molar-refractivity contribution in [2.75, 3.05) is 0 Å². The summed E-state index contributed by atoms with van der Waals surface area (Å²) in [6.45, 7) is 2.09. The van der Waals surface area contributed by atoms with Crippen LogP contribution < -0.4 is 11.2 Å². The minimum absolute atomic E-state index is 0.293. The highest BCUT2D eigenvalue weighted by atomic mass is 32.1. The van der Waals surface area contributed by atoms with Crippen LogP contribution in [0.5, 0.6) is 0 Å². The average Bonchev–Trinajstić information content (AvgIpc) is 3.02. The lowest BCUT2D eigenvalue weighted by Gasteiger charge is -2.05. The summed E-state index contributed by atoms with van der Waals surface area (Å²) in [5.74, 6) is -0.954. The van der Waals surface area contributed by atoms with Gasteiger partial charge in [0, 0.05) is 9.75 Å². The minimum atomic E-state index is -0.352. The Labute approximate surface area is 139 Å². The Hall–Kier alpha value is -2.18. The molecule has 0 aliphatic rings. The lowest BCUT2D eigenvalue weighted by molar-refractivity contribution is -0.131. The molecule has 0 saturated carbocycles. The molecule has 23 heavy (non-hydrogen) atoms. The number of nitrogens with two attached hydrogens (primary N) is 1. The Morgan fingerprint density at radius 1 is 1.26 bits per heavy atom. The van der Waals surface area contributed by atoms with Gasteiger partial charge in [0.2, 0.25) is 11.8 Å². The van der Waals surface area contributed by atoms with Gasteiger partial charge in [0.25, 0.3) is 0 Å². The van der Waals surface area contributed by atoms with Crippen LogP contribution in [-0.4, -0.2) is 11.8 Å². The second-order valence-corrected chi connectivity index (χ2v) is 6.28. The third kappa shape index (κ3) is 5.50. The van der Waals surface area contributed by atoms with Crippen LogP contribution in [0.3, 0.4) is 0 Å². The summed E-state index contributed by atoms with van der Waals surface area (Å²) in [5, 5.41) is 0. The van der Waals surface area contributed by atoms with E-state index >= 15 is 0 Å². The highest BCUT2D eigenvalue weighted by Crippen LogP contribution is 2.25. The van der Waals surface area contributed by atoms with Crippen molar-refractivity contribution in [2.24, 2.45) is 5.73 Å². The van der Waals surface area contributed by atoms with Crippen LogP contribution in [0.2, 0.25) is 0 Å². The zero-order chi connectivity index (χ0) is 16.7. The van der Waals surface area contributed by atoms with Crippen LogP contribution in [-0.2, 0) is 27.5 Å². The fraction of sp³-hybridized carbons (Fsp3) is 0.235. The van der Waals surface area contributed by atoms with Crippen molar-refractivity contribution in [2.45, 2.75) is 25.9 Å². The van der Waals surface area contributed by atoms with Crippen LogP contribution in [0.15, 0.2) is 42.5 Å². The molecule has 0 spiro atoms. The number of carbonyl (C=O) groups excluding carboxylic acids is 2. The van der Waals surface area contributed by atoms with Crippen molar-refractivity contribution in [3.8, 4) is 0 Å². The molecule has 2 aromatic rings. The van der Waals surface area contributed by atoms with Crippen molar-refractivity contribution < 1.29 is 14.4 Å². The molecule has 1 aromatic heterocycles. The van der Waals surface area contributed by atoms with E-state index in [1.807, 2.05) is 42.5 Å². The molecule has 0 saturated heterocycles. The number of primary amides is 1. The van der Waals surface area contributed by atoms with E-state index in [2.05, 4.69) is 5.48 Å². The van der Waals surface area contributed by atoms with Crippen LogP contribution in [0.4, 0.5) is 0 Å². The predicted octanol–water partition coefficient (Wildman–Crippen LogP) is 2.33. The summed E-state index contributed by atoms with van der Waals surface area (Å²) in [6.07, 6.45) is 1.99. The number of carbonyl (C=O) groups is 2. The molecule has 1 radical (unpaired) electrons. The van der Waals surface area contributed by atoms with Crippen molar-refractivity contribution >= 4 is 23.2 Å². The van der Waals surface area contributed by atoms with E-state index in [9.17, 15) is 9.59 Å². The van der Waals surface area contributed by atoms with Gasteiger partial charge in [0.05, 0.1) is 18.9 Å². The normalized spacial score (nSPS) is 11.9. The summed E-state index contributed by atoms with van der Waals surface area (Å²) in [6, 6.07) is 13.3. The van der Waals surface area contributed by atoms with Gasteiger partial charge in [-0.1, -0.05) is 30.3 Å². The smallest absolute Gasteiger partial charge is 0.247 e. The summed E-state index contributed by atoms with van der Waals surface area (Å²) in [4.78, 5) is 29.9. The lowest BCUT2D eigenvalue weighted by atomic mass is 10.1. The van der Waals surface area contributed by atoms with E-state index in [1.165, 1.54) is 17.8 Å². The molecule has 1 unspecified atom stereocenters. The first-order chi connectivity index (χ1) is 11.1. The monoisotopic (exact) mass is 331 g/mol. The number of amides is 2. The van der Waals surface area contributed by atoms with E-state index in [0.717, 1.165) is 15.3 Å². The van der Waals surface area contributed by atoms with Crippen LogP contribution >= 0.6 is 11.3 Å². The number of rotatable bonds is 8. The van der Waals surface area contributed by atoms with Gasteiger partial charge in [-0.05, 0) is 31.0 Å². The van der Waals surface area contributed by atoms with Crippen molar-refractivity contribution in [3.05, 3.63) is 64.2 Å². The van der Waals surface area contributed by atoms with E-state index < -0.39 is 0 Å². The van der Waals surface area contributed by atoms with E-state index in [-0.39, 0.29) is 17.7 Å². The molecule has 0 aliphatic heterocycles. The molecule has 0 aliphatic carbocycles. The van der Waals surface area contributed by atoms with Gasteiger partial charge in [-0.2, -0.15) is 0 Å². The maximum absolute atomic E-state index is 11.7. The molecule has 121 valence electrons. The molecule has 6 heteroatoms. The fourth-order valence-corrected chi connectivity index (χ4v) is 2.91. The number of benzene rings is 1. The van der Waals surface area contributed by atoms with Crippen molar-refractivity contribution in [1.29, 1.82) is 0 Å². The molecule has 1 atom stereocenters. The quantitative estimate of drug-likeness (QED) is 0.729. The van der Waals surface area contributed by atoms with Gasteiger partial charge in [-0.25, -0.2) is 5.48 Å². The number of hydrogen-bond acceptors (Lipinski definition) is 4. The van der Waals surface area contributed by atoms with E-state index in [1.54, 1.807) is 6.92 Å². The zero-order valence-electron chi connectivity index (χ0n) is 12.8. The third-order valence-electron chi connectivity index (χ3n) is 3.28. The molecule has 0 bridgehead atoms. The molecule has 0 fully saturated rings. The van der Waals surface area contributed by atoms with E-state index in [4.69, 9.17) is 10.6 Å². The Balaban J connectivity index is 1.71. The number of hydrogen-bond donors (Lipinski definition) is 2. The Kier molecular flexibility index (Phi) is 6.31. The Bertz CT molecular complexity index is 655. The van der Waals surface area contributed by atoms with E-state index in [0.29, 0.717) is 13.0 Å². The highest BCUT2D eigenvalue weighted by molar-refractivity contribution is 7.12. The largest absolute Gasteiger partial charge is 0.369 e. The predicted molar refractivity (Wildman–Crippen MR) is 89.3 cm³/mol. The summed E-state index contributed by atoms with van der Waals surface area (Å²) < 4.78 is 0. The van der Waals surface area contributed by atoms with Crippen molar-refractivity contribution in [3.63, 3.8) is 0 Å². The molecule has 1 aromatic carbocycles. The molecule has 2 amide bonds. The highest BCUT2D eigenvalue weighted by Gasteiger charge is 2.14. The second kappa shape index (κ2) is 8.45. The molecule has 1 heterocycles. The second-order valence-electron chi connectivity index (χ2n) is 5.08. The van der Waals surface area contributed by atoms with Gasteiger partial charge in [0.15, 0.2) is 0 Å². The van der Waals surface area contributed by atoms with Gasteiger partial charge >= 0.3 is 0 Å². The number of thiophene rings is 1. The van der Waals surface area contributed by atoms with Gasteiger partial charge in [-0.15, -0.1) is 11.3 Å². The molecular formula is C17H19N2O3S. The Morgan fingerprint density at radius 3 is 2.70 bits per heavy atom. The van der Waals surface area contributed by atoms with Crippen LogP contribution in [0.1, 0.15) is 28.2 Å². The first-order valence-electron chi connectivity index (χ1n) is 7.23. The maximum atomic E-state index is 11.7. The van der Waals surface area contributed by atoms with Gasteiger partial charge < -0.3 is 5.73 Å². The number of nitrogens with one attached hydrogen (secondary N) is 1. The van der Waals surface area contributed by atoms with Crippen molar-refractivity contribution in [1.82, 2.24) is 5.48 Å². The topological polar surface area (TPSA) is 81.4 Å². The SMILES string of the molecule is CC(C(N)=O)c1ccc(C[CH]C(=O)NOCc2ccccc2)s1. The average molecular weight is 331 g/mol. The first kappa shape index (κ1) is 17.2. The lowest BCUT2D eigenvalue weighted by Crippen LogP contribution is -2.24. The van der Waals surface area contributed by atoms with Gasteiger partial charge in [-0.3, -0.25) is 14.4 Å².